The Bertz CT molecular complexity index is 2940. The van der Waals surface area contributed by atoms with Crippen molar-refractivity contribution in [3.63, 3.8) is 0 Å². The number of hydrogen-bond donors (Lipinski definition) is 2. The van der Waals surface area contributed by atoms with Crippen molar-refractivity contribution in [2.24, 2.45) is 11.8 Å². The van der Waals surface area contributed by atoms with E-state index < -0.39 is 82.3 Å². The number of carbonyl (C=O) groups excluding carboxylic acids is 5. The first-order valence-corrected chi connectivity index (χ1v) is 28.5. The van der Waals surface area contributed by atoms with Crippen LogP contribution < -0.4 is 19.7 Å². The third kappa shape index (κ3) is 27.0. The Hall–Kier alpha value is -7.29. The quantitative estimate of drug-likeness (QED) is 0.0481. The Balaban J connectivity index is 0.000000370. The van der Waals surface area contributed by atoms with Gasteiger partial charge in [-0.25, -0.2) is 27.2 Å². The predicted molar refractivity (Wildman–Crippen MR) is 322 cm³/mol. The number of hydrogen-bond acceptors (Lipinski definition) is 13. The number of benzene rings is 4. The van der Waals surface area contributed by atoms with Crippen molar-refractivity contribution in [1.82, 2.24) is 9.80 Å². The molecular formula is C64H87ClF4N4O13. The van der Waals surface area contributed by atoms with Crippen LogP contribution in [0.2, 0.25) is 0 Å². The van der Waals surface area contributed by atoms with Gasteiger partial charge in [0.15, 0.2) is 0 Å². The summed E-state index contributed by atoms with van der Waals surface area (Å²) in [6.07, 6.45) is 0.935. The zero-order valence-electron chi connectivity index (χ0n) is 52.1. The second-order valence-corrected chi connectivity index (χ2v) is 25.2. The molecule has 0 saturated carbocycles. The number of esters is 2. The lowest BCUT2D eigenvalue weighted by Gasteiger charge is -2.29. The van der Waals surface area contributed by atoms with E-state index in [9.17, 15) is 46.3 Å². The second kappa shape index (κ2) is 32.4. The number of carbonyl (C=O) groups is 6. The highest BCUT2D eigenvalue weighted by molar-refractivity contribution is 5.98. The highest BCUT2D eigenvalue weighted by Gasteiger charge is 2.31. The zero-order chi connectivity index (χ0) is 63.6. The van der Waals surface area contributed by atoms with Crippen LogP contribution in [0.4, 0.5) is 38.5 Å². The topological polar surface area (TPSA) is 200 Å². The normalized spacial score (nSPS) is 13.3. The average Bonchev–Trinajstić information content (AvgIpc) is 3.49. The minimum Gasteiger partial charge on any atom is -0.493 e. The third-order valence-electron chi connectivity index (χ3n) is 12.2. The Morgan fingerprint density at radius 2 is 1.00 bits per heavy atom. The molecule has 17 nitrogen and oxygen atoms in total. The first-order chi connectivity index (χ1) is 39.4. The number of halogens is 5. The fourth-order valence-electron chi connectivity index (χ4n) is 8.59. The third-order valence-corrected chi connectivity index (χ3v) is 12.2. The Labute approximate surface area is 509 Å². The molecule has 0 spiro atoms. The minimum atomic E-state index is -1.18. The first kappa shape index (κ1) is 73.0. The maximum absolute atomic E-state index is 14.0. The van der Waals surface area contributed by atoms with Gasteiger partial charge in [-0.05, 0) is 191 Å². The molecule has 476 valence electrons. The summed E-state index contributed by atoms with van der Waals surface area (Å²) in [7, 11) is 0. The molecule has 2 aliphatic heterocycles. The van der Waals surface area contributed by atoms with Gasteiger partial charge < -0.3 is 43.7 Å². The zero-order valence-corrected chi connectivity index (χ0v) is 52.9. The monoisotopic (exact) mass is 1230 g/mol. The maximum atomic E-state index is 14.0. The molecule has 2 unspecified atom stereocenters. The van der Waals surface area contributed by atoms with Crippen molar-refractivity contribution < 1.29 is 79.9 Å². The molecule has 0 aliphatic carbocycles. The molecule has 0 bridgehead atoms. The molecule has 86 heavy (non-hydrogen) atoms. The smallest absolute Gasteiger partial charge is 0.410 e. The molecule has 2 heterocycles. The van der Waals surface area contributed by atoms with E-state index in [4.69, 9.17) is 33.5 Å². The summed E-state index contributed by atoms with van der Waals surface area (Å²) in [4.78, 5) is 76.6. The van der Waals surface area contributed by atoms with Gasteiger partial charge in [-0.15, -0.1) is 12.4 Å². The number of rotatable bonds is 20. The summed E-state index contributed by atoms with van der Waals surface area (Å²) >= 11 is 0. The maximum Gasteiger partial charge on any atom is 0.410 e. The van der Waals surface area contributed by atoms with Crippen molar-refractivity contribution >= 4 is 59.8 Å². The predicted octanol–water partition coefficient (Wildman–Crippen LogP) is 12.7. The van der Waals surface area contributed by atoms with Crippen LogP contribution in [0.3, 0.4) is 0 Å². The van der Waals surface area contributed by atoms with Crippen molar-refractivity contribution in [3.8, 4) is 11.5 Å². The molecule has 0 fully saturated rings. The summed E-state index contributed by atoms with van der Waals surface area (Å²) in [6, 6.07) is 18.8. The number of nitrogens with zero attached hydrogens (tertiary/aromatic N) is 3. The van der Waals surface area contributed by atoms with Crippen molar-refractivity contribution in [1.29, 1.82) is 0 Å². The Morgan fingerprint density at radius 3 is 1.43 bits per heavy atom. The van der Waals surface area contributed by atoms with E-state index >= 15 is 0 Å². The van der Waals surface area contributed by atoms with Crippen molar-refractivity contribution in [2.75, 3.05) is 62.7 Å². The van der Waals surface area contributed by atoms with Crippen molar-refractivity contribution in [3.05, 3.63) is 118 Å². The lowest BCUT2D eigenvalue weighted by molar-refractivity contribution is -0.156. The van der Waals surface area contributed by atoms with E-state index in [1.807, 2.05) is 32.0 Å². The number of carboxylic acid groups (broad SMARTS) is 1. The highest BCUT2D eigenvalue weighted by Crippen LogP contribution is 2.33. The van der Waals surface area contributed by atoms with Gasteiger partial charge in [0.1, 0.15) is 70.3 Å². The van der Waals surface area contributed by atoms with Crippen LogP contribution >= 0.6 is 12.4 Å². The highest BCUT2D eigenvalue weighted by atomic mass is 35.5. The number of carboxylic acids is 1. The lowest BCUT2D eigenvalue weighted by Crippen LogP contribution is -2.45. The molecule has 4 aromatic carbocycles. The van der Waals surface area contributed by atoms with E-state index in [1.165, 1.54) is 40.4 Å². The summed E-state index contributed by atoms with van der Waals surface area (Å²) in [5, 5.41) is 12.1. The van der Waals surface area contributed by atoms with Gasteiger partial charge in [0.25, 0.3) is 0 Å². The van der Waals surface area contributed by atoms with Crippen LogP contribution in [0.5, 0.6) is 11.5 Å². The largest absolute Gasteiger partial charge is 0.493 e. The van der Waals surface area contributed by atoms with Crippen LogP contribution in [0.1, 0.15) is 132 Å². The summed E-state index contributed by atoms with van der Waals surface area (Å²) in [6.45, 7) is 26.0. The van der Waals surface area contributed by atoms with Crippen LogP contribution in [0, 0.1) is 35.1 Å². The van der Waals surface area contributed by atoms with Gasteiger partial charge in [0.2, 0.25) is 5.91 Å². The summed E-state index contributed by atoms with van der Waals surface area (Å²) < 4.78 is 86.5. The molecule has 22 heteroatoms. The standard InChI is InChI=1S/C32H42F2N2O6.C18H19F2NO.C14H25NO6.ClH/c1-21(16-22-8-9-24(33)18-26(22)34)20-40-25-10-11-27-23(17-25)12-15-36(27)28(37)19-35(30(39)42-32(5,6)7)14-13-29(38)41-31(2,3)4;1-12(8-13-2-3-15(19)10-17(13)20)11-22-16-4-5-18-14(9-16)6-7-21-18;1-13(2,3)20-11(18)7-8-15(9-10(16)17)12(19)21-14(4,5)6;/h8-11,17-18,21H,12-16,19-20H2,1-7H3;2-5,9-10,12,21H,6-8,11H2,1H3;7-9H2,1-6H3,(H,16,17);1H. The van der Waals surface area contributed by atoms with E-state index in [2.05, 4.69) is 11.4 Å². The molecule has 0 radical (unpaired) electrons. The van der Waals surface area contributed by atoms with Gasteiger partial charge in [0, 0.05) is 49.7 Å². The molecule has 2 N–H and O–H groups in total. The molecule has 2 atom stereocenters. The fraction of sp³-hybridized carbons (Fsp3) is 0.531. The number of aliphatic carboxylic acids is 1. The molecular weight excluding hydrogens is 1140 g/mol. The van der Waals surface area contributed by atoms with Gasteiger partial charge in [-0.3, -0.25) is 29.0 Å². The first-order valence-electron chi connectivity index (χ1n) is 28.5. The van der Waals surface area contributed by atoms with Crippen LogP contribution in [0.15, 0.2) is 72.8 Å². The molecule has 2 aliphatic rings. The summed E-state index contributed by atoms with van der Waals surface area (Å²) in [5.41, 5.74) is 2.26. The second-order valence-electron chi connectivity index (χ2n) is 25.2. The fourth-order valence-corrected chi connectivity index (χ4v) is 8.59. The number of nitrogens with one attached hydrogen (secondary N) is 1. The van der Waals surface area contributed by atoms with E-state index in [0.29, 0.717) is 55.9 Å². The van der Waals surface area contributed by atoms with Crippen LogP contribution in [0.25, 0.3) is 0 Å². The van der Waals surface area contributed by atoms with Gasteiger partial charge >= 0.3 is 30.1 Å². The van der Waals surface area contributed by atoms with Gasteiger partial charge in [-0.2, -0.15) is 0 Å². The lowest BCUT2D eigenvalue weighted by atomic mass is 10.0. The number of amides is 3. The van der Waals surface area contributed by atoms with Crippen molar-refractivity contribution in [2.45, 2.75) is 158 Å². The molecule has 0 aromatic heterocycles. The number of anilines is 2. The molecule has 3 amide bonds. The van der Waals surface area contributed by atoms with Crippen LogP contribution in [-0.4, -0.2) is 126 Å². The molecule has 6 rings (SSSR count). The van der Waals surface area contributed by atoms with Gasteiger partial charge in [-0.1, -0.05) is 26.0 Å². The average molecular weight is 1230 g/mol. The SMILES string of the molecule is CC(C)(C)OC(=O)CCN(CC(=O)O)C(=O)OC(C)(C)C.CC(COc1ccc2c(c1)CCN2)Cc1ccc(F)cc1F.CC(COc1ccc2c(c1)CCN2C(=O)CN(CCC(=O)OC(C)(C)C)C(=O)OC(C)(C)C)Cc1ccc(F)cc1F.Cl. The minimum absolute atomic E-state index is 0. The number of fused-ring (bicyclic) bond motifs is 2. The van der Waals surface area contributed by atoms with E-state index in [0.717, 1.165) is 47.0 Å². The van der Waals surface area contributed by atoms with E-state index in [1.54, 1.807) is 100 Å². The Kier molecular flexibility index (Phi) is 27.5. The van der Waals surface area contributed by atoms with E-state index in [-0.39, 0.29) is 62.6 Å². The molecule has 4 aromatic rings. The Morgan fingerprint density at radius 1 is 0.570 bits per heavy atom. The summed E-state index contributed by atoms with van der Waals surface area (Å²) in [5.74, 6) is -3.06. The molecule has 0 saturated heterocycles. The number of ether oxygens (including phenoxy) is 6. The van der Waals surface area contributed by atoms with Gasteiger partial charge in [0.05, 0.1) is 26.1 Å². The van der Waals surface area contributed by atoms with Crippen LogP contribution in [-0.2, 0) is 63.8 Å².